The van der Waals surface area contributed by atoms with Crippen LogP contribution in [-0.2, 0) is 20.8 Å². The van der Waals surface area contributed by atoms with Gasteiger partial charge in [0.15, 0.2) is 0 Å². The van der Waals surface area contributed by atoms with E-state index in [9.17, 15) is 19.8 Å². The second kappa shape index (κ2) is 12.1. The minimum Gasteiger partial charge on any atom is -0.507 e. The van der Waals surface area contributed by atoms with Gasteiger partial charge in [0, 0.05) is 25.5 Å². The molecule has 3 rings (SSSR count). The van der Waals surface area contributed by atoms with E-state index in [-0.39, 0.29) is 52.7 Å². The number of esters is 1. The molecular weight excluding hydrogens is 472 g/mol. The standard InChI is InChI=1S/C26H33ClN2O6/c1-16-7-4-5-8-19(28-34-12-11-29-10-6-9-23(29)32)14-20-24(21(30)15-22(31)25(20)27)26(33)35-18(3)13-17(16)2/h4-5,7-8,15-18,30-31H,6,9-14H2,1-3H3/b7-4-,8-5+,28-19+/t16-,17-,18-/m1/s1. The van der Waals surface area contributed by atoms with Crippen LogP contribution in [0.2, 0.25) is 5.02 Å². The summed E-state index contributed by atoms with van der Waals surface area (Å²) in [7, 11) is 0. The van der Waals surface area contributed by atoms with Crippen molar-refractivity contribution in [3.05, 3.63) is 46.5 Å². The van der Waals surface area contributed by atoms with E-state index < -0.39 is 17.8 Å². The lowest BCUT2D eigenvalue weighted by molar-refractivity contribution is -0.128. The highest BCUT2D eigenvalue weighted by atomic mass is 35.5. The Morgan fingerprint density at radius 1 is 1.20 bits per heavy atom. The van der Waals surface area contributed by atoms with Gasteiger partial charge in [-0.05, 0) is 43.2 Å². The smallest absolute Gasteiger partial charge is 0.342 e. The Kier molecular flexibility index (Phi) is 9.20. The van der Waals surface area contributed by atoms with Crippen LogP contribution >= 0.6 is 11.6 Å². The van der Waals surface area contributed by atoms with Gasteiger partial charge in [-0.2, -0.15) is 0 Å². The van der Waals surface area contributed by atoms with Crippen LogP contribution in [0.4, 0.5) is 0 Å². The zero-order valence-electron chi connectivity index (χ0n) is 20.4. The number of rotatable bonds is 4. The number of cyclic esters (lactones) is 1. The largest absolute Gasteiger partial charge is 0.507 e. The molecule has 8 nitrogen and oxygen atoms in total. The average molecular weight is 505 g/mol. The van der Waals surface area contributed by atoms with E-state index in [0.717, 1.165) is 12.5 Å². The highest BCUT2D eigenvalue weighted by molar-refractivity contribution is 6.33. The van der Waals surface area contributed by atoms with E-state index >= 15 is 0 Å². The molecule has 1 aromatic rings. The van der Waals surface area contributed by atoms with E-state index in [2.05, 4.69) is 25.1 Å². The van der Waals surface area contributed by atoms with Gasteiger partial charge in [-0.1, -0.05) is 48.8 Å². The summed E-state index contributed by atoms with van der Waals surface area (Å²) in [6.07, 6.45) is 9.17. The van der Waals surface area contributed by atoms with Crippen LogP contribution in [0.1, 0.15) is 56.0 Å². The molecule has 1 saturated heterocycles. The normalized spacial score (nSPS) is 26.7. The van der Waals surface area contributed by atoms with Crippen molar-refractivity contribution in [3.8, 4) is 11.5 Å². The Hall–Kier alpha value is -3.00. The average Bonchev–Trinajstić information content (AvgIpc) is 3.20. The number of nitrogens with zero attached hydrogens (tertiary/aromatic N) is 2. The molecule has 0 radical (unpaired) electrons. The van der Waals surface area contributed by atoms with Gasteiger partial charge in [0.05, 0.1) is 23.4 Å². The molecule has 2 aliphatic rings. The van der Waals surface area contributed by atoms with Gasteiger partial charge in [-0.3, -0.25) is 4.79 Å². The van der Waals surface area contributed by atoms with Crippen LogP contribution in [-0.4, -0.2) is 58.5 Å². The summed E-state index contributed by atoms with van der Waals surface area (Å²) in [4.78, 5) is 32.0. The summed E-state index contributed by atoms with van der Waals surface area (Å²) in [5.41, 5.74) is 0.483. The molecule has 0 unspecified atom stereocenters. The third-order valence-electron chi connectivity index (χ3n) is 6.41. The molecule has 9 heteroatoms. The van der Waals surface area contributed by atoms with E-state index in [0.29, 0.717) is 31.6 Å². The molecule has 1 fully saturated rings. The Labute approximate surface area is 210 Å². The second-order valence-electron chi connectivity index (χ2n) is 9.19. The first-order valence-corrected chi connectivity index (χ1v) is 12.3. The van der Waals surface area contributed by atoms with Crippen molar-refractivity contribution in [1.82, 2.24) is 4.90 Å². The summed E-state index contributed by atoms with van der Waals surface area (Å²) in [6, 6.07) is 1.03. The maximum atomic E-state index is 13.0. The third-order valence-corrected chi connectivity index (χ3v) is 6.83. The first-order valence-electron chi connectivity index (χ1n) is 11.9. The molecule has 0 aliphatic carbocycles. The minimum atomic E-state index is -0.726. The Balaban J connectivity index is 1.93. The Morgan fingerprint density at radius 3 is 2.69 bits per heavy atom. The minimum absolute atomic E-state index is 0.00144. The number of hydrogen-bond acceptors (Lipinski definition) is 7. The van der Waals surface area contributed by atoms with Crippen molar-refractivity contribution < 1.29 is 29.4 Å². The van der Waals surface area contributed by atoms with Crippen molar-refractivity contribution in [2.45, 2.75) is 52.6 Å². The summed E-state index contributed by atoms with van der Waals surface area (Å²) >= 11 is 6.36. The first-order chi connectivity index (χ1) is 16.7. The summed E-state index contributed by atoms with van der Waals surface area (Å²) < 4.78 is 5.63. The van der Waals surface area contributed by atoms with Gasteiger partial charge in [0.25, 0.3) is 0 Å². The molecule has 1 aromatic carbocycles. The molecule has 2 heterocycles. The number of fused-ring (bicyclic) bond motifs is 1. The van der Waals surface area contributed by atoms with Crippen LogP contribution in [0.3, 0.4) is 0 Å². The third kappa shape index (κ3) is 7.01. The predicted octanol–water partition coefficient (Wildman–Crippen LogP) is 4.62. The fraction of sp³-hybridized carbons (Fsp3) is 0.500. The van der Waals surface area contributed by atoms with Gasteiger partial charge >= 0.3 is 5.97 Å². The number of ether oxygens (including phenoxy) is 1. The zero-order chi connectivity index (χ0) is 25.5. The number of likely N-dealkylation sites (tertiary alicyclic amines) is 1. The highest BCUT2D eigenvalue weighted by Gasteiger charge is 2.27. The number of halogens is 1. The van der Waals surface area contributed by atoms with Gasteiger partial charge in [-0.15, -0.1) is 0 Å². The number of allylic oxidation sites excluding steroid dienone is 4. The number of benzene rings is 1. The van der Waals surface area contributed by atoms with Crippen LogP contribution in [0.5, 0.6) is 11.5 Å². The maximum Gasteiger partial charge on any atom is 0.342 e. The number of carbonyl (C=O) groups is 2. The molecular formula is C26H33ClN2O6. The summed E-state index contributed by atoms with van der Waals surface area (Å²) in [5, 5.41) is 24.8. The Bertz CT molecular complexity index is 1040. The number of phenolic OH excluding ortho intramolecular Hbond substituents is 2. The fourth-order valence-corrected chi connectivity index (χ4v) is 4.44. The summed E-state index contributed by atoms with van der Waals surface area (Å²) in [5.74, 6) is -0.923. The maximum absolute atomic E-state index is 13.0. The number of oxime groups is 1. The SMILES string of the molecule is C[C@@H]1C[C@@H](C)[C@H](C)\C=C/C=C/C(=N\OCCN2CCCC2=O)Cc2c(Cl)c(O)cc(O)c2C(=O)O1. The topological polar surface area (TPSA) is 109 Å². The number of aromatic hydroxyl groups is 2. The van der Waals surface area contributed by atoms with Gasteiger partial charge < -0.3 is 24.7 Å². The monoisotopic (exact) mass is 504 g/mol. The molecule has 2 N–H and O–H groups in total. The number of amides is 1. The fourth-order valence-electron chi connectivity index (χ4n) is 4.22. The van der Waals surface area contributed by atoms with E-state index in [4.69, 9.17) is 21.2 Å². The molecule has 3 atom stereocenters. The second-order valence-corrected chi connectivity index (χ2v) is 9.57. The van der Waals surface area contributed by atoms with Crippen LogP contribution in [0, 0.1) is 11.8 Å². The molecule has 0 saturated carbocycles. The lowest BCUT2D eigenvalue weighted by Crippen LogP contribution is -2.28. The van der Waals surface area contributed by atoms with Crippen molar-refractivity contribution in [2.24, 2.45) is 17.0 Å². The predicted molar refractivity (Wildman–Crippen MR) is 134 cm³/mol. The first kappa shape index (κ1) is 26.6. The molecule has 2 aliphatic heterocycles. The molecule has 35 heavy (non-hydrogen) atoms. The van der Waals surface area contributed by atoms with Crippen LogP contribution in [0.25, 0.3) is 0 Å². The lowest BCUT2D eigenvalue weighted by Gasteiger charge is -2.22. The van der Waals surface area contributed by atoms with Crippen molar-refractivity contribution in [3.63, 3.8) is 0 Å². The van der Waals surface area contributed by atoms with Crippen molar-refractivity contribution in [1.29, 1.82) is 0 Å². The van der Waals surface area contributed by atoms with Crippen molar-refractivity contribution in [2.75, 3.05) is 19.7 Å². The van der Waals surface area contributed by atoms with Gasteiger partial charge in [-0.25, -0.2) is 4.79 Å². The van der Waals surface area contributed by atoms with Gasteiger partial charge in [0.1, 0.15) is 23.7 Å². The van der Waals surface area contributed by atoms with Crippen LogP contribution in [0.15, 0.2) is 35.5 Å². The highest BCUT2D eigenvalue weighted by Crippen LogP contribution is 2.37. The molecule has 190 valence electrons. The van der Waals surface area contributed by atoms with Gasteiger partial charge in [0.2, 0.25) is 5.91 Å². The summed E-state index contributed by atoms with van der Waals surface area (Å²) in [6.45, 7) is 7.33. The quantitative estimate of drug-likeness (QED) is 0.352. The number of hydrogen-bond donors (Lipinski definition) is 2. The van der Waals surface area contributed by atoms with E-state index in [1.54, 1.807) is 17.9 Å². The van der Waals surface area contributed by atoms with Crippen LogP contribution < -0.4 is 0 Å². The van der Waals surface area contributed by atoms with Crippen molar-refractivity contribution >= 4 is 29.2 Å². The van der Waals surface area contributed by atoms with E-state index in [1.165, 1.54) is 0 Å². The Morgan fingerprint density at radius 2 is 1.97 bits per heavy atom. The molecule has 0 aromatic heterocycles. The molecule has 1 amide bonds. The molecule has 0 bridgehead atoms. The number of carbonyl (C=O) groups excluding carboxylic acids is 2. The van der Waals surface area contributed by atoms with E-state index in [1.807, 2.05) is 12.2 Å². The zero-order valence-corrected chi connectivity index (χ0v) is 21.1. The number of phenols is 2. The molecule has 0 spiro atoms. The lowest BCUT2D eigenvalue weighted by atomic mass is 9.90.